The zero-order chi connectivity index (χ0) is 8.43. The van der Waals surface area contributed by atoms with Gasteiger partial charge in [0.25, 0.3) is 0 Å². The van der Waals surface area contributed by atoms with Crippen LogP contribution in [0.25, 0.3) is 0 Å². The topological polar surface area (TPSA) is 49.3 Å². The summed E-state index contributed by atoms with van der Waals surface area (Å²) in [5, 5.41) is 11.6. The fourth-order valence-corrected chi connectivity index (χ4v) is 1.46. The molecule has 0 aromatic heterocycles. The highest BCUT2D eigenvalue weighted by molar-refractivity contribution is 5.73. The van der Waals surface area contributed by atoms with Crippen molar-refractivity contribution in [3.63, 3.8) is 0 Å². The van der Waals surface area contributed by atoms with Crippen LogP contribution in [0.2, 0.25) is 0 Å². The Morgan fingerprint density at radius 2 is 2.27 bits per heavy atom. The average molecular weight is 157 g/mol. The number of hydrogen-bond donors (Lipinski definition) is 2. The molecule has 0 bridgehead atoms. The van der Waals surface area contributed by atoms with Gasteiger partial charge in [-0.05, 0) is 24.8 Å². The van der Waals surface area contributed by atoms with Crippen LogP contribution < -0.4 is 5.32 Å². The van der Waals surface area contributed by atoms with E-state index in [1.165, 1.54) is 0 Å². The van der Waals surface area contributed by atoms with Gasteiger partial charge in [-0.3, -0.25) is 4.79 Å². The molecule has 1 fully saturated rings. The van der Waals surface area contributed by atoms with E-state index in [2.05, 4.69) is 19.2 Å². The first-order valence-electron chi connectivity index (χ1n) is 4.07. The molecule has 3 nitrogen and oxygen atoms in total. The van der Waals surface area contributed by atoms with E-state index in [-0.39, 0.29) is 6.04 Å². The Balaban J connectivity index is 2.41. The van der Waals surface area contributed by atoms with Gasteiger partial charge in [-0.2, -0.15) is 0 Å². The van der Waals surface area contributed by atoms with Crippen LogP contribution in [0.15, 0.2) is 0 Å². The first-order chi connectivity index (χ1) is 5.11. The molecule has 2 atom stereocenters. The van der Waals surface area contributed by atoms with E-state index >= 15 is 0 Å². The van der Waals surface area contributed by atoms with Crippen LogP contribution in [0.5, 0.6) is 0 Å². The van der Waals surface area contributed by atoms with Crippen LogP contribution in [0.3, 0.4) is 0 Å². The molecule has 2 N–H and O–H groups in total. The first-order valence-corrected chi connectivity index (χ1v) is 4.07. The summed E-state index contributed by atoms with van der Waals surface area (Å²) in [5.74, 6) is 0.413. The molecule has 0 aromatic rings. The number of carboxylic acid groups (broad SMARTS) is 1. The summed E-state index contributed by atoms with van der Waals surface area (Å²) in [5.41, 5.74) is 0. The number of hydrogen-bond acceptors (Lipinski definition) is 2. The smallest absolute Gasteiger partial charge is 0.320 e. The molecular formula is C8H15NO2. The summed E-state index contributed by atoms with van der Waals surface area (Å²) in [6.45, 7) is 5.13. The third-order valence-corrected chi connectivity index (χ3v) is 2.41. The molecular weight excluding hydrogens is 142 g/mol. The number of nitrogens with one attached hydrogen (secondary N) is 1. The minimum Gasteiger partial charge on any atom is -0.480 e. The second-order valence-electron chi connectivity index (χ2n) is 3.54. The zero-order valence-electron chi connectivity index (χ0n) is 7.00. The lowest BCUT2D eigenvalue weighted by atomic mass is 9.93. The lowest BCUT2D eigenvalue weighted by molar-refractivity contribution is -0.139. The van der Waals surface area contributed by atoms with E-state index in [0.29, 0.717) is 11.8 Å². The number of carbonyl (C=O) groups is 1. The Bertz CT molecular complexity index is 156. The van der Waals surface area contributed by atoms with Gasteiger partial charge in [-0.1, -0.05) is 13.8 Å². The molecule has 1 saturated heterocycles. The lowest BCUT2D eigenvalue weighted by Crippen LogP contribution is -2.29. The maximum absolute atomic E-state index is 10.5. The molecule has 1 heterocycles. The second-order valence-corrected chi connectivity index (χ2v) is 3.54. The third kappa shape index (κ3) is 1.93. The average Bonchev–Trinajstić information content (AvgIpc) is 2.33. The SMILES string of the molecule is CC(C)[C@H]1CN[C@H](C(=O)O)C1. The largest absolute Gasteiger partial charge is 0.480 e. The highest BCUT2D eigenvalue weighted by Gasteiger charge is 2.30. The van der Waals surface area contributed by atoms with Crippen molar-refractivity contribution in [3.8, 4) is 0 Å². The molecule has 0 radical (unpaired) electrons. The van der Waals surface area contributed by atoms with Gasteiger partial charge in [0, 0.05) is 0 Å². The highest BCUT2D eigenvalue weighted by atomic mass is 16.4. The van der Waals surface area contributed by atoms with Gasteiger partial charge >= 0.3 is 5.97 Å². The van der Waals surface area contributed by atoms with Crippen molar-refractivity contribution >= 4 is 5.97 Å². The lowest BCUT2D eigenvalue weighted by Gasteiger charge is -2.11. The van der Waals surface area contributed by atoms with E-state index in [1.54, 1.807) is 0 Å². The maximum atomic E-state index is 10.5. The fraction of sp³-hybridized carbons (Fsp3) is 0.875. The van der Waals surface area contributed by atoms with Crippen molar-refractivity contribution in [1.82, 2.24) is 5.32 Å². The van der Waals surface area contributed by atoms with E-state index in [0.717, 1.165) is 13.0 Å². The predicted molar refractivity (Wildman–Crippen MR) is 42.4 cm³/mol. The van der Waals surface area contributed by atoms with Gasteiger partial charge in [0.15, 0.2) is 0 Å². The van der Waals surface area contributed by atoms with Crippen molar-refractivity contribution in [2.45, 2.75) is 26.3 Å². The fourth-order valence-electron chi connectivity index (χ4n) is 1.46. The minimum absolute atomic E-state index is 0.303. The molecule has 0 aromatic carbocycles. The summed E-state index contributed by atoms with van der Waals surface area (Å²) in [7, 11) is 0. The molecule has 0 saturated carbocycles. The maximum Gasteiger partial charge on any atom is 0.320 e. The molecule has 1 aliphatic heterocycles. The van der Waals surface area contributed by atoms with Crippen molar-refractivity contribution < 1.29 is 9.90 Å². The Morgan fingerprint density at radius 1 is 1.64 bits per heavy atom. The predicted octanol–water partition coefficient (Wildman–Crippen LogP) is 0.705. The van der Waals surface area contributed by atoms with Gasteiger partial charge in [0.2, 0.25) is 0 Å². The highest BCUT2D eigenvalue weighted by Crippen LogP contribution is 2.21. The summed E-state index contributed by atoms with van der Waals surface area (Å²) >= 11 is 0. The summed E-state index contributed by atoms with van der Waals surface area (Å²) in [6, 6.07) is -0.303. The van der Waals surface area contributed by atoms with Crippen molar-refractivity contribution in [3.05, 3.63) is 0 Å². The number of rotatable bonds is 2. The van der Waals surface area contributed by atoms with E-state index in [9.17, 15) is 4.79 Å². The Morgan fingerprint density at radius 3 is 2.55 bits per heavy atom. The Hall–Kier alpha value is -0.570. The molecule has 0 spiro atoms. The van der Waals surface area contributed by atoms with Crippen LogP contribution in [0, 0.1) is 11.8 Å². The molecule has 64 valence electrons. The van der Waals surface area contributed by atoms with Crippen molar-refractivity contribution in [1.29, 1.82) is 0 Å². The van der Waals surface area contributed by atoms with Crippen LogP contribution in [-0.2, 0) is 4.79 Å². The quantitative estimate of drug-likeness (QED) is 0.620. The van der Waals surface area contributed by atoms with Crippen LogP contribution in [0.4, 0.5) is 0 Å². The van der Waals surface area contributed by atoms with Crippen molar-refractivity contribution in [2.24, 2.45) is 11.8 Å². The van der Waals surface area contributed by atoms with Crippen LogP contribution >= 0.6 is 0 Å². The van der Waals surface area contributed by atoms with Crippen LogP contribution in [-0.4, -0.2) is 23.7 Å². The van der Waals surface area contributed by atoms with E-state index in [4.69, 9.17) is 5.11 Å². The molecule has 11 heavy (non-hydrogen) atoms. The number of aliphatic carboxylic acids is 1. The summed E-state index contributed by atoms with van der Waals surface area (Å²) in [4.78, 5) is 10.5. The zero-order valence-corrected chi connectivity index (χ0v) is 7.00. The van der Waals surface area contributed by atoms with E-state index < -0.39 is 5.97 Å². The normalized spacial score (nSPS) is 31.2. The van der Waals surface area contributed by atoms with Gasteiger partial charge in [0.1, 0.15) is 6.04 Å². The molecule has 3 heteroatoms. The number of carboxylic acids is 1. The van der Waals surface area contributed by atoms with E-state index in [1.807, 2.05) is 0 Å². The van der Waals surface area contributed by atoms with Gasteiger partial charge in [0.05, 0.1) is 0 Å². The van der Waals surface area contributed by atoms with Crippen molar-refractivity contribution in [2.75, 3.05) is 6.54 Å². The van der Waals surface area contributed by atoms with Gasteiger partial charge in [-0.15, -0.1) is 0 Å². The summed E-state index contributed by atoms with van der Waals surface area (Å²) in [6.07, 6.45) is 0.785. The molecule has 0 unspecified atom stereocenters. The van der Waals surface area contributed by atoms with Gasteiger partial charge in [-0.25, -0.2) is 0 Å². The molecule has 0 aliphatic carbocycles. The van der Waals surface area contributed by atoms with Gasteiger partial charge < -0.3 is 10.4 Å². The minimum atomic E-state index is -0.715. The molecule has 1 aliphatic rings. The standard InChI is InChI=1S/C8H15NO2/c1-5(2)6-3-7(8(10)11)9-4-6/h5-7,9H,3-4H2,1-2H3,(H,10,11)/t6-,7+/m1/s1. The Kier molecular flexibility index (Phi) is 2.49. The molecule has 0 amide bonds. The summed E-state index contributed by atoms with van der Waals surface area (Å²) < 4.78 is 0. The molecule has 1 rings (SSSR count). The van der Waals surface area contributed by atoms with Crippen LogP contribution in [0.1, 0.15) is 20.3 Å². The third-order valence-electron chi connectivity index (χ3n) is 2.41. The first kappa shape index (κ1) is 8.53. The Labute approximate surface area is 66.8 Å². The second kappa shape index (κ2) is 3.22. The monoisotopic (exact) mass is 157 g/mol.